The lowest BCUT2D eigenvalue weighted by atomic mass is 9.50. The van der Waals surface area contributed by atoms with Crippen molar-refractivity contribution < 1.29 is 5.11 Å². The van der Waals surface area contributed by atoms with Gasteiger partial charge in [0.1, 0.15) is 0 Å². The second kappa shape index (κ2) is 2.10. The normalized spacial score (nSPS) is 39.4. The van der Waals surface area contributed by atoms with E-state index in [9.17, 15) is 0 Å². The van der Waals surface area contributed by atoms with Crippen molar-refractivity contribution in [2.24, 2.45) is 17.3 Å². The maximum absolute atomic E-state index is 8.93. The lowest BCUT2D eigenvalue weighted by molar-refractivity contribution is -0.00363. The molecule has 3 rings (SSSR count). The molecule has 0 saturated heterocycles. The molecule has 0 heterocycles. The maximum Gasteiger partial charge on any atom is 0.0641 e. The smallest absolute Gasteiger partial charge is 0.0641 e. The molecule has 1 fully saturated rings. The van der Waals surface area contributed by atoms with Crippen LogP contribution in [0, 0.1) is 17.3 Å². The monoisotopic (exact) mass is 152 g/mol. The molecule has 2 bridgehead atoms. The van der Waals surface area contributed by atoms with Crippen LogP contribution in [0.25, 0.3) is 0 Å². The van der Waals surface area contributed by atoms with Crippen LogP contribution in [0.5, 0.6) is 0 Å². The molecule has 0 radical (unpaired) electrons. The average Bonchev–Trinajstić information content (AvgIpc) is 2.04. The van der Waals surface area contributed by atoms with Gasteiger partial charge in [-0.25, -0.2) is 0 Å². The van der Waals surface area contributed by atoms with Crippen LogP contribution in [0.4, 0.5) is 0 Å². The van der Waals surface area contributed by atoms with Crippen molar-refractivity contribution in [2.75, 3.05) is 6.61 Å². The van der Waals surface area contributed by atoms with Crippen LogP contribution in [0.3, 0.4) is 0 Å². The first-order valence-electron chi connectivity index (χ1n) is 4.45. The van der Waals surface area contributed by atoms with E-state index in [0.717, 1.165) is 18.3 Å². The quantitative estimate of drug-likeness (QED) is 0.569. The zero-order valence-electron chi connectivity index (χ0n) is 7.30. The van der Waals surface area contributed by atoms with E-state index in [1.165, 1.54) is 12.0 Å². The van der Waals surface area contributed by atoms with E-state index < -0.39 is 0 Å². The molecule has 0 aromatic heterocycles. The van der Waals surface area contributed by atoms with Gasteiger partial charge in [0, 0.05) is 0 Å². The molecule has 11 heavy (non-hydrogen) atoms. The molecule has 0 aromatic rings. The fourth-order valence-corrected chi connectivity index (χ4v) is 2.47. The van der Waals surface area contributed by atoms with Crippen molar-refractivity contribution in [1.82, 2.24) is 0 Å². The van der Waals surface area contributed by atoms with Crippen molar-refractivity contribution in [2.45, 2.75) is 26.7 Å². The third-order valence-corrected chi connectivity index (χ3v) is 3.69. The van der Waals surface area contributed by atoms with Crippen molar-refractivity contribution >= 4 is 0 Å². The van der Waals surface area contributed by atoms with E-state index in [0.29, 0.717) is 5.41 Å². The van der Waals surface area contributed by atoms with Gasteiger partial charge in [-0.1, -0.05) is 19.9 Å². The molecule has 0 aliphatic heterocycles. The molecule has 1 saturated carbocycles. The lowest BCUT2D eigenvalue weighted by Gasteiger charge is -2.55. The van der Waals surface area contributed by atoms with Gasteiger partial charge in [0.2, 0.25) is 0 Å². The van der Waals surface area contributed by atoms with Crippen LogP contribution in [-0.4, -0.2) is 11.7 Å². The molecule has 0 spiro atoms. The molecular formula is C10H16O. The Labute approximate surface area is 68.1 Å². The topological polar surface area (TPSA) is 20.2 Å². The molecule has 3 aliphatic rings. The van der Waals surface area contributed by atoms with Crippen molar-refractivity contribution in [3.63, 3.8) is 0 Å². The highest BCUT2D eigenvalue weighted by atomic mass is 16.3. The predicted molar refractivity (Wildman–Crippen MR) is 45.2 cm³/mol. The first-order valence-corrected chi connectivity index (χ1v) is 4.45. The fourth-order valence-electron chi connectivity index (χ4n) is 2.47. The van der Waals surface area contributed by atoms with Crippen LogP contribution >= 0.6 is 0 Å². The zero-order valence-corrected chi connectivity index (χ0v) is 7.30. The van der Waals surface area contributed by atoms with Crippen molar-refractivity contribution in [1.29, 1.82) is 0 Å². The predicted octanol–water partition coefficient (Wildman–Crippen LogP) is 1.97. The van der Waals surface area contributed by atoms with E-state index in [1.54, 1.807) is 0 Å². The first-order chi connectivity index (χ1) is 5.14. The van der Waals surface area contributed by atoms with Gasteiger partial charge in [-0.15, -0.1) is 0 Å². The molecule has 3 aliphatic carbocycles. The summed E-state index contributed by atoms with van der Waals surface area (Å²) < 4.78 is 0. The second-order valence-electron chi connectivity index (χ2n) is 4.55. The number of hydrogen-bond acceptors (Lipinski definition) is 1. The Morgan fingerprint density at radius 2 is 2.36 bits per heavy atom. The fraction of sp³-hybridized carbons (Fsp3) is 0.800. The van der Waals surface area contributed by atoms with E-state index in [2.05, 4.69) is 19.9 Å². The van der Waals surface area contributed by atoms with Crippen molar-refractivity contribution in [3.05, 3.63) is 11.6 Å². The summed E-state index contributed by atoms with van der Waals surface area (Å²) in [7, 11) is 0. The standard InChI is InChI=1S/C10H16O/c1-10(2)8-3-7(6-11)4-9(10)5-8/h3,8-9,11H,4-6H2,1-2H3/t8-,9+/m0/s1. The summed E-state index contributed by atoms with van der Waals surface area (Å²) >= 11 is 0. The number of allylic oxidation sites excluding steroid dienone is 1. The van der Waals surface area contributed by atoms with Gasteiger partial charge in [-0.3, -0.25) is 0 Å². The minimum Gasteiger partial charge on any atom is -0.392 e. The van der Waals surface area contributed by atoms with Gasteiger partial charge in [0.25, 0.3) is 0 Å². The summed E-state index contributed by atoms with van der Waals surface area (Å²) in [5.41, 5.74) is 1.80. The summed E-state index contributed by atoms with van der Waals surface area (Å²) in [5.74, 6) is 1.60. The Bertz CT molecular complexity index is 203. The van der Waals surface area contributed by atoms with E-state index in [1.807, 2.05) is 0 Å². The minimum absolute atomic E-state index is 0.281. The third kappa shape index (κ3) is 0.871. The summed E-state index contributed by atoms with van der Waals surface area (Å²) in [5, 5.41) is 8.93. The van der Waals surface area contributed by atoms with Gasteiger partial charge in [0.15, 0.2) is 0 Å². The SMILES string of the molecule is CC1(C)[C@@H]2CC(CO)=C[C@H]1C2. The molecule has 1 heteroatoms. The van der Waals surface area contributed by atoms with Crippen LogP contribution in [0.15, 0.2) is 11.6 Å². The number of hydrogen-bond donors (Lipinski definition) is 1. The Morgan fingerprint density at radius 1 is 1.64 bits per heavy atom. The van der Waals surface area contributed by atoms with E-state index in [-0.39, 0.29) is 6.61 Å². The number of fused-ring (bicyclic) bond motifs is 1. The Kier molecular flexibility index (Phi) is 1.40. The van der Waals surface area contributed by atoms with Crippen LogP contribution in [-0.2, 0) is 0 Å². The molecule has 0 aromatic carbocycles. The molecule has 0 unspecified atom stereocenters. The van der Waals surface area contributed by atoms with Crippen LogP contribution in [0.2, 0.25) is 0 Å². The van der Waals surface area contributed by atoms with Gasteiger partial charge < -0.3 is 5.11 Å². The van der Waals surface area contributed by atoms with E-state index in [4.69, 9.17) is 5.11 Å². The van der Waals surface area contributed by atoms with Gasteiger partial charge in [-0.2, -0.15) is 0 Å². The average molecular weight is 152 g/mol. The maximum atomic E-state index is 8.93. The summed E-state index contributed by atoms with van der Waals surface area (Å²) in [6, 6.07) is 0. The Balaban J connectivity index is 2.19. The minimum atomic E-state index is 0.281. The molecule has 2 atom stereocenters. The third-order valence-electron chi connectivity index (χ3n) is 3.69. The molecule has 1 N–H and O–H groups in total. The highest BCUT2D eigenvalue weighted by Gasteiger charge is 2.49. The Hall–Kier alpha value is -0.300. The number of aliphatic hydroxyl groups is 1. The summed E-state index contributed by atoms with van der Waals surface area (Å²) in [4.78, 5) is 0. The summed E-state index contributed by atoms with van der Waals surface area (Å²) in [6.07, 6.45) is 4.79. The molecular weight excluding hydrogens is 136 g/mol. The molecule has 62 valence electrons. The highest BCUT2D eigenvalue weighted by molar-refractivity contribution is 5.21. The number of rotatable bonds is 1. The van der Waals surface area contributed by atoms with Crippen LogP contribution in [0.1, 0.15) is 26.7 Å². The van der Waals surface area contributed by atoms with Crippen LogP contribution < -0.4 is 0 Å². The highest BCUT2D eigenvalue weighted by Crippen LogP contribution is 2.57. The lowest BCUT2D eigenvalue weighted by Crippen LogP contribution is -2.47. The molecule has 0 amide bonds. The number of aliphatic hydroxyl groups excluding tert-OH is 1. The Morgan fingerprint density at radius 3 is 2.73 bits per heavy atom. The first kappa shape index (κ1) is 7.35. The largest absolute Gasteiger partial charge is 0.392 e. The summed E-state index contributed by atoms with van der Waals surface area (Å²) in [6.45, 7) is 4.97. The van der Waals surface area contributed by atoms with E-state index >= 15 is 0 Å². The van der Waals surface area contributed by atoms with Gasteiger partial charge in [-0.05, 0) is 35.7 Å². The van der Waals surface area contributed by atoms with Crippen molar-refractivity contribution in [3.8, 4) is 0 Å². The van der Waals surface area contributed by atoms with Gasteiger partial charge in [0.05, 0.1) is 6.61 Å². The zero-order chi connectivity index (χ0) is 8.06. The second-order valence-corrected chi connectivity index (χ2v) is 4.55. The van der Waals surface area contributed by atoms with Gasteiger partial charge >= 0.3 is 0 Å². The molecule has 1 nitrogen and oxygen atoms in total.